The van der Waals surface area contributed by atoms with Crippen LogP contribution in [0.3, 0.4) is 0 Å². The zero-order valence-electron chi connectivity index (χ0n) is 11.8. The Hall–Kier alpha value is -1.32. The molecule has 102 valence electrons. The van der Waals surface area contributed by atoms with Crippen molar-refractivity contribution in [3.8, 4) is 0 Å². The Labute approximate surface area is 108 Å². The number of esters is 2. The van der Waals surface area contributed by atoms with Crippen molar-refractivity contribution in [2.75, 3.05) is 6.61 Å². The van der Waals surface area contributed by atoms with Crippen molar-refractivity contribution in [1.29, 1.82) is 0 Å². The van der Waals surface area contributed by atoms with Gasteiger partial charge in [0.15, 0.2) is 0 Å². The molecule has 0 spiro atoms. The van der Waals surface area contributed by atoms with Crippen LogP contribution in [-0.4, -0.2) is 24.6 Å². The van der Waals surface area contributed by atoms with E-state index in [-0.39, 0.29) is 11.9 Å². The largest absolute Gasteiger partial charge is 0.463 e. The van der Waals surface area contributed by atoms with Gasteiger partial charge in [0, 0.05) is 6.42 Å². The summed E-state index contributed by atoms with van der Waals surface area (Å²) >= 11 is 0. The minimum absolute atomic E-state index is 0.0947. The summed E-state index contributed by atoms with van der Waals surface area (Å²) in [6.07, 6.45) is 1.62. The predicted molar refractivity (Wildman–Crippen MR) is 67.8 cm³/mol. The molecular formula is C14H22O4. The molecule has 1 aliphatic heterocycles. The Morgan fingerprint density at radius 1 is 1.50 bits per heavy atom. The first-order valence-corrected chi connectivity index (χ1v) is 6.31. The lowest BCUT2D eigenvalue weighted by molar-refractivity contribution is -0.167. The quantitative estimate of drug-likeness (QED) is 0.571. The van der Waals surface area contributed by atoms with E-state index in [4.69, 9.17) is 9.47 Å². The van der Waals surface area contributed by atoms with E-state index >= 15 is 0 Å². The van der Waals surface area contributed by atoms with Crippen molar-refractivity contribution in [3.63, 3.8) is 0 Å². The molecule has 0 aliphatic carbocycles. The highest BCUT2D eigenvalue weighted by atomic mass is 16.6. The molecule has 0 aromatic heterocycles. The van der Waals surface area contributed by atoms with Gasteiger partial charge in [-0.3, -0.25) is 4.79 Å². The van der Waals surface area contributed by atoms with E-state index in [1.807, 2.05) is 40.7 Å². The fourth-order valence-electron chi connectivity index (χ4n) is 1.90. The SMILES string of the molecule is CC(C)=CC(C)(C(=O)OC1CCOC1=O)C(C)C. The fourth-order valence-corrected chi connectivity index (χ4v) is 1.90. The molecule has 1 fully saturated rings. The summed E-state index contributed by atoms with van der Waals surface area (Å²) in [5, 5.41) is 0. The molecule has 0 aromatic rings. The highest BCUT2D eigenvalue weighted by molar-refractivity contribution is 5.84. The Morgan fingerprint density at radius 3 is 2.50 bits per heavy atom. The van der Waals surface area contributed by atoms with E-state index in [2.05, 4.69) is 0 Å². The summed E-state index contributed by atoms with van der Waals surface area (Å²) in [6, 6.07) is 0. The standard InChI is InChI=1S/C14H22O4/c1-9(2)8-14(5,10(3)4)13(16)18-11-6-7-17-12(11)15/h8,10-11H,6-7H2,1-5H3. The van der Waals surface area contributed by atoms with Crippen molar-refractivity contribution in [2.24, 2.45) is 11.3 Å². The summed E-state index contributed by atoms with van der Waals surface area (Å²) in [7, 11) is 0. The lowest BCUT2D eigenvalue weighted by Crippen LogP contribution is -2.37. The van der Waals surface area contributed by atoms with Crippen LogP contribution >= 0.6 is 0 Å². The second kappa shape index (κ2) is 5.55. The summed E-state index contributed by atoms with van der Waals surface area (Å²) in [5.41, 5.74) is 0.346. The first-order chi connectivity index (χ1) is 8.27. The van der Waals surface area contributed by atoms with Crippen LogP contribution in [0.15, 0.2) is 11.6 Å². The van der Waals surface area contributed by atoms with Crippen molar-refractivity contribution in [1.82, 2.24) is 0 Å². The maximum Gasteiger partial charge on any atom is 0.347 e. The molecule has 0 amide bonds. The first-order valence-electron chi connectivity index (χ1n) is 6.31. The Kier molecular flexibility index (Phi) is 4.54. The van der Waals surface area contributed by atoms with Crippen LogP contribution in [-0.2, 0) is 19.1 Å². The number of rotatable bonds is 4. The molecule has 1 saturated heterocycles. The molecule has 1 rings (SSSR count). The van der Waals surface area contributed by atoms with Gasteiger partial charge in [0.1, 0.15) is 0 Å². The zero-order valence-corrected chi connectivity index (χ0v) is 11.8. The van der Waals surface area contributed by atoms with Crippen LogP contribution < -0.4 is 0 Å². The molecule has 1 heterocycles. The van der Waals surface area contributed by atoms with Crippen molar-refractivity contribution >= 4 is 11.9 Å². The molecule has 18 heavy (non-hydrogen) atoms. The van der Waals surface area contributed by atoms with E-state index in [0.717, 1.165) is 5.57 Å². The maximum atomic E-state index is 12.3. The van der Waals surface area contributed by atoms with Crippen molar-refractivity contribution < 1.29 is 19.1 Å². The molecule has 4 nitrogen and oxygen atoms in total. The van der Waals surface area contributed by atoms with Gasteiger partial charge >= 0.3 is 11.9 Å². The van der Waals surface area contributed by atoms with Gasteiger partial charge in [-0.2, -0.15) is 0 Å². The number of cyclic esters (lactones) is 1. The molecule has 0 N–H and O–H groups in total. The van der Waals surface area contributed by atoms with Gasteiger partial charge in [-0.25, -0.2) is 4.79 Å². The van der Waals surface area contributed by atoms with Gasteiger partial charge in [-0.1, -0.05) is 25.5 Å². The third kappa shape index (κ3) is 3.12. The summed E-state index contributed by atoms with van der Waals surface area (Å²) < 4.78 is 10.1. The molecule has 2 atom stereocenters. The third-order valence-electron chi connectivity index (χ3n) is 3.36. The Bertz CT molecular complexity index is 366. The van der Waals surface area contributed by atoms with E-state index in [0.29, 0.717) is 13.0 Å². The van der Waals surface area contributed by atoms with Crippen LogP contribution in [0.1, 0.15) is 41.0 Å². The second-order valence-electron chi connectivity index (χ2n) is 5.51. The second-order valence-corrected chi connectivity index (χ2v) is 5.51. The summed E-state index contributed by atoms with van der Waals surface area (Å²) in [4.78, 5) is 23.6. The average molecular weight is 254 g/mol. The molecule has 1 aliphatic rings. The molecule has 4 heteroatoms. The minimum atomic E-state index is -0.735. The number of allylic oxidation sites excluding steroid dienone is 1. The maximum absolute atomic E-state index is 12.3. The van der Waals surface area contributed by atoms with E-state index in [9.17, 15) is 9.59 Å². The molecular weight excluding hydrogens is 232 g/mol. The lowest BCUT2D eigenvalue weighted by Gasteiger charge is -2.29. The molecule has 0 saturated carbocycles. The highest BCUT2D eigenvalue weighted by Gasteiger charge is 2.40. The van der Waals surface area contributed by atoms with Crippen molar-refractivity contribution in [2.45, 2.75) is 47.1 Å². The Balaban J connectivity index is 2.84. The smallest absolute Gasteiger partial charge is 0.347 e. The molecule has 0 radical (unpaired) electrons. The highest BCUT2D eigenvalue weighted by Crippen LogP contribution is 2.32. The number of carbonyl (C=O) groups is 2. The normalized spacial score (nSPS) is 22.3. The zero-order chi connectivity index (χ0) is 13.9. The van der Waals surface area contributed by atoms with Gasteiger partial charge < -0.3 is 9.47 Å². The summed E-state index contributed by atoms with van der Waals surface area (Å²) in [6.45, 7) is 9.99. The minimum Gasteiger partial charge on any atom is -0.463 e. The lowest BCUT2D eigenvalue weighted by atomic mass is 9.78. The average Bonchev–Trinajstić information content (AvgIpc) is 2.63. The van der Waals surface area contributed by atoms with Crippen LogP contribution in [0, 0.1) is 11.3 Å². The predicted octanol–water partition coefficient (Wildman–Crippen LogP) is 2.47. The van der Waals surface area contributed by atoms with Gasteiger partial charge in [0.2, 0.25) is 6.10 Å². The first kappa shape index (κ1) is 14.7. The van der Waals surface area contributed by atoms with E-state index in [1.54, 1.807) is 0 Å². The van der Waals surface area contributed by atoms with Crippen LogP contribution in [0.5, 0.6) is 0 Å². The molecule has 2 unspecified atom stereocenters. The summed E-state index contributed by atoms with van der Waals surface area (Å²) in [5.74, 6) is -0.702. The monoisotopic (exact) mass is 254 g/mol. The number of ether oxygens (including phenoxy) is 2. The topological polar surface area (TPSA) is 52.6 Å². The van der Waals surface area contributed by atoms with Gasteiger partial charge in [-0.15, -0.1) is 0 Å². The van der Waals surface area contributed by atoms with E-state index in [1.165, 1.54) is 0 Å². The van der Waals surface area contributed by atoms with Crippen LogP contribution in [0.4, 0.5) is 0 Å². The third-order valence-corrected chi connectivity index (χ3v) is 3.36. The van der Waals surface area contributed by atoms with Gasteiger partial charge in [0.05, 0.1) is 12.0 Å². The number of hydrogen-bond donors (Lipinski definition) is 0. The van der Waals surface area contributed by atoms with Crippen LogP contribution in [0.2, 0.25) is 0 Å². The van der Waals surface area contributed by atoms with Gasteiger partial charge in [-0.05, 0) is 26.7 Å². The Morgan fingerprint density at radius 2 is 2.11 bits per heavy atom. The van der Waals surface area contributed by atoms with Crippen LogP contribution in [0.25, 0.3) is 0 Å². The van der Waals surface area contributed by atoms with Crippen molar-refractivity contribution in [3.05, 3.63) is 11.6 Å². The molecule has 0 aromatic carbocycles. The molecule has 0 bridgehead atoms. The van der Waals surface area contributed by atoms with E-state index < -0.39 is 17.5 Å². The number of hydrogen-bond acceptors (Lipinski definition) is 4. The van der Waals surface area contributed by atoms with Gasteiger partial charge in [0.25, 0.3) is 0 Å². The number of carbonyl (C=O) groups excluding carboxylic acids is 2. The fraction of sp³-hybridized carbons (Fsp3) is 0.714.